The molecule has 1 N–H and O–H groups in total. The van der Waals surface area contributed by atoms with E-state index >= 15 is 0 Å². The van der Waals surface area contributed by atoms with Crippen LogP contribution in [0.3, 0.4) is 0 Å². The number of carboxylic acid groups (broad SMARTS) is 1. The molecule has 1 saturated carbocycles. The molecule has 0 atom stereocenters. The van der Waals surface area contributed by atoms with E-state index in [4.69, 9.17) is 9.84 Å². The lowest BCUT2D eigenvalue weighted by atomic mass is 10.3. The first-order valence-electron chi connectivity index (χ1n) is 6.77. The zero-order valence-electron chi connectivity index (χ0n) is 12.0. The van der Waals surface area contributed by atoms with E-state index in [1.54, 1.807) is 16.8 Å². The topological polar surface area (TPSA) is 70.1 Å². The van der Waals surface area contributed by atoms with E-state index in [1.807, 2.05) is 13.8 Å². The molecule has 0 heterocycles. The Hall–Kier alpha value is -1.30. The predicted molar refractivity (Wildman–Crippen MR) is 71.1 cm³/mol. The zero-order valence-corrected chi connectivity index (χ0v) is 12.0. The van der Waals surface area contributed by atoms with Gasteiger partial charge in [0.15, 0.2) is 0 Å². The molecule has 0 aromatic carbocycles. The third-order valence-corrected chi connectivity index (χ3v) is 3.00. The average Bonchev–Trinajstić information content (AvgIpc) is 3.12. The minimum Gasteiger partial charge on any atom is -0.481 e. The van der Waals surface area contributed by atoms with Gasteiger partial charge in [-0.3, -0.25) is 4.79 Å². The maximum absolute atomic E-state index is 12.2. The summed E-state index contributed by atoms with van der Waals surface area (Å²) in [6.45, 7) is 5.20. The van der Waals surface area contributed by atoms with Crippen molar-refractivity contribution in [2.75, 3.05) is 26.7 Å². The fourth-order valence-corrected chi connectivity index (χ4v) is 1.78. The third-order valence-electron chi connectivity index (χ3n) is 3.00. The number of ether oxygens (including phenoxy) is 1. The van der Waals surface area contributed by atoms with E-state index in [1.165, 1.54) is 0 Å². The van der Waals surface area contributed by atoms with Gasteiger partial charge in [-0.15, -0.1) is 0 Å². The number of rotatable bonds is 8. The van der Waals surface area contributed by atoms with Crippen LogP contribution in [0.4, 0.5) is 4.79 Å². The van der Waals surface area contributed by atoms with Crippen molar-refractivity contribution in [2.45, 2.75) is 45.3 Å². The van der Waals surface area contributed by atoms with Crippen LogP contribution in [0.5, 0.6) is 0 Å². The molecule has 0 unspecified atom stereocenters. The van der Waals surface area contributed by atoms with Crippen LogP contribution in [-0.4, -0.2) is 65.8 Å². The zero-order chi connectivity index (χ0) is 14.4. The van der Waals surface area contributed by atoms with E-state index in [0.29, 0.717) is 13.2 Å². The number of carbonyl (C=O) groups is 2. The molecular weight excluding hydrogens is 248 g/mol. The Morgan fingerprint density at radius 1 is 1.32 bits per heavy atom. The second kappa shape index (κ2) is 7.33. The number of carbonyl (C=O) groups excluding carboxylic acids is 1. The normalized spacial score (nSPS) is 14.5. The van der Waals surface area contributed by atoms with Crippen LogP contribution in [0, 0.1) is 0 Å². The van der Waals surface area contributed by atoms with Gasteiger partial charge in [0.1, 0.15) is 0 Å². The fourth-order valence-electron chi connectivity index (χ4n) is 1.78. The molecule has 2 amide bonds. The van der Waals surface area contributed by atoms with Gasteiger partial charge in [-0.05, 0) is 26.7 Å². The molecule has 1 aliphatic carbocycles. The van der Waals surface area contributed by atoms with Gasteiger partial charge in [-0.2, -0.15) is 0 Å². The van der Waals surface area contributed by atoms with Crippen molar-refractivity contribution in [3.05, 3.63) is 0 Å². The van der Waals surface area contributed by atoms with Crippen LogP contribution >= 0.6 is 0 Å². The smallest absolute Gasteiger partial charge is 0.320 e. The average molecular weight is 272 g/mol. The largest absolute Gasteiger partial charge is 0.481 e. The molecule has 19 heavy (non-hydrogen) atoms. The first-order valence-corrected chi connectivity index (χ1v) is 6.77. The second-order valence-electron chi connectivity index (χ2n) is 5.19. The number of hydrogen-bond donors (Lipinski definition) is 1. The Kier molecular flexibility index (Phi) is 6.08. The van der Waals surface area contributed by atoms with Crippen molar-refractivity contribution in [3.8, 4) is 0 Å². The van der Waals surface area contributed by atoms with Gasteiger partial charge in [-0.25, -0.2) is 4.79 Å². The minimum absolute atomic E-state index is 0.00141. The monoisotopic (exact) mass is 272 g/mol. The van der Waals surface area contributed by atoms with Gasteiger partial charge in [0, 0.05) is 26.2 Å². The van der Waals surface area contributed by atoms with E-state index < -0.39 is 5.97 Å². The Labute approximate surface area is 114 Å². The summed E-state index contributed by atoms with van der Waals surface area (Å²) in [7, 11) is 1.72. The summed E-state index contributed by atoms with van der Waals surface area (Å²) in [5, 5.41) is 8.72. The summed E-state index contributed by atoms with van der Waals surface area (Å²) >= 11 is 0. The van der Waals surface area contributed by atoms with Crippen LogP contribution < -0.4 is 0 Å². The maximum atomic E-state index is 12.2. The fraction of sp³-hybridized carbons (Fsp3) is 0.846. The summed E-state index contributed by atoms with van der Waals surface area (Å²) in [5.41, 5.74) is 0. The molecular formula is C13H24N2O4. The molecule has 0 spiro atoms. The number of nitrogens with zero attached hydrogens (tertiary/aromatic N) is 2. The first kappa shape index (κ1) is 15.8. The van der Waals surface area contributed by atoms with Gasteiger partial charge in [-0.1, -0.05) is 0 Å². The summed E-state index contributed by atoms with van der Waals surface area (Å²) in [5.74, 6) is -0.871. The lowest BCUT2D eigenvalue weighted by molar-refractivity contribution is -0.137. The summed E-state index contributed by atoms with van der Waals surface area (Å²) in [6, 6.07) is 0.122. The minimum atomic E-state index is -0.871. The SMILES string of the molecule is CC(C)OCCN(C)C(=O)N(CCC(=O)O)C1CC1. The van der Waals surface area contributed by atoms with E-state index in [-0.39, 0.29) is 31.1 Å². The summed E-state index contributed by atoms with van der Waals surface area (Å²) in [4.78, 5) is 26.1. The highest BCUT2D eigenvalue weighted by atomic mass is 16.5. The summed E-state index contributed by atoms with van der Waals surface area (Å²) < 4.78 is 5.41. The van der Waals surface area contributed by atoms with E-state index in [9.17, 15) is 9.59 Å². The van der Waals surface area contributed by atoms with E-state index in [2.05, 4.69) is 0 Å². The second-order valence-corrected chi connectivity index (χ2v) is 5.19. The molecule has 0 saturated heterocycles. The quantitative estimate of drug-likeness (QED) is 0.725. The van der Waals surface area contributed by atoms with Crippen molar-refractivity contribution in [1.29, 1.82) is 0 Å². The molecule has 0 aromatic rings. The van der Waals surface area contributed by atoms with Gasteiger partial charge >= 0.3 is 12.0 Å². The van der Waals surface area contributed by atoms with Crippen LogP contribution in [-0.2, 0) is 9.53 Å². The number of hydrogen-bond acceptors (Lipinski definition) is 3. The van der Waals surface area contributed by atoms with Crippen molar-refractivity contribution in [2.24, 2.45) is 0 Å². The molecule has 0 bridgehead atoms. The number of amides is 2. The molecule has 110 valence electrons. The van der Waals surface area contributed by atoms with E-state index in [0.717, 1.165) is 12.8 Å². The lowest BCUT2D eigenvalue weighted by Crippen LogP contribution is -2.44. The highest BCUT2D eigenvalue weighted by molar-refractivity contribution is 5.76. The van der Waals surface area contributed by atoms with Crippen LogP contribution in [0.15, 0.2) is 0 Å². The highest BCUT2D eigenvalue weighted by Crippen LogP contribution is 2.27. The number of likely N-dealkylation sites (N-methyl/N-ethyl adjacent to an activating group) is 1. The molecule has 0 radical (unpaired) electrons. The maximum Gasteiger partial charge on any atom is 0.320 e. The Morgan fingerprint density at radius 2 is 1.95 bits per heavy atom. The Morgan fingerprint density at radius 3 is 2.42 bits per heavy atom. The molecule has 1 fully saturated rings. The number of carboxylic acids is 1. The van der Waals surface area contributed by atoms with Crippen molar-refractivity contribution < 1.29 is 19.4 Å². The van der Waals surface area contributed by atoms with Gasteiger partial charge in [0.25, 0.3) is 0 Å². The summed E-state index contributed by atoms with van der Waals surface area (Å²) in [6.07, 6.45) is 2.09. The lowest BCUT2D eigenvalue weighted by Gasteiger charge is -2.28. The Bertz CT molecular complexity index is 316. The van der Waals surface area contributed by atoms with Crippen LogP contribution in [0.1, 0.15) is 33.1 Å². The first-order chi connectivity index (χ1) is 8.91. The standard InChI is InChI=1S/C13H24N2O4/c1-10(2)19-9-8-14(3)13(18)15(11-4-5-11)7-6-12(16)17/h10-11H,4-9H2,1-3H3,(H,16,17). The highest BCUT2D eigenvalue weighted by Gasteiger charge is 2.34. The Balaban J connectivity index is 2.39. The number of urea groups is 1. The molecule has 0 aromatic heterocycles. The molecule has 1 rings (SSSR count). The third kappa shape index (κ3) is 5.92. The molecule has 0 aliphatic heterocycles. The van der Waals surface area contributed by atoms with Crippen molar-refractivity contribution in [1.82, 2.24) is 9.80 Å². The predicted octanol–water partition coefficient (Wildman–Crippen LogP) is 1.40. The molecule has 6 heteroatoms. The van der Waals surface area contributed by atoms with Crippen LogP contribution in [0.25, 0.3) is 0 Å². The van der Waals surface area contributed by atoms with Crippen molar-refractivity contribution >= 4 is 12.0 Å². The molecule has 6 nitrogen and oxygen atoms in total. The van der Waals surface area contributed by atoms with Gasteiger partial charge in [0.2, 0.25) is 0 Å². The number of aliphatic carboxylic acids is 1. The van der Waals surface area contributed by atoms with Gasteiger partial charge in [0.05, 0.1) is 19.1 Å². The van der Waals surface area contributed by atoms with Crippen molar-refractivity contribution in [3.63, 3.8) is 0 Å². The molecule has 1 aliphatic rings. The van der Waals surface area contributed by atoms with Crippen LogP contribution in [0.2, 0.25) is 0 Å². The van der Waals surface area contributed by atoms with Gasteiger partial charge < -0.3 is 19.6 Å².